The minimum absolute atomic E-state index is 0.00842. The highest BCUT2D eigenvalue weighted by Gasteiger charge is 2.49. The van der Waals surface area contributed by atoms with E-state index in [0.29, 0.717) is 29.6 Å². The molecule has 10 nitrogen and oxygen atoms in total. The summed E-state index contributed by atoms with van der Waals surface area (Å²) in [4.78, 5) is 37.7. The molecule has 2 N–H and O–H groups in total. The molecule has 2 aromatic heterocycles. The van der Waals surface area contributed by atoms with E-state index in [1.807, 2.05) is 18.1 Å². The summed E-state index contributed by atoms with van der Waals surface area (Å²) in [5.41, 5.74) is 1.57. The van der Waals surface area contributed by atoms with Crippen molar-refractivity contribution in [3.63, 3.8) is 0 Å². The molecule has 10 heteroatoms. The molecule has 4 rings (SSSR count). The van der Waals surface area contributed by atoms with Crippen molar-refractivity contribution in [2.24, 2.45) is 18.4 Å². The van der Waals surface area contributed by atoms with E-state index in [2.05, 4.69) is 41.1 Å². The summed E-state index contributed by atoms with van der Waals surface area (Å²) in [6.45, 7) is 11.0. The molecule has 2 aliphatic rings. The van der Waals surface area contributed by atoms with Crippen LogP contribution in [-0.4, -0.2) is 75.7 Å². The number of nitrogens with one attached hydrogen (secondary N) is 2. The molecule has 0 aromatic carbocycles. The van der Waals surface area contributed by atoms with Crippen molar-refractivity contribution >= 4 is 34.6 Å². The van der Waals surface area contributed by atoms with Crippen LogP contribution in [0.1, 0.15) is 33.1 Å². The lowest BCUT2D eigenvalue weighted by atomic mass is 9.79. The van der Waals surface area contributed by atoms with Crippen LogP contribution in [0.2, 0.25) is 0 Å². The quantitative estimate of drug-likeness (QED) is 0.583. The summed E-state index contributed by atoms with van der Waals surface area (Å²) in [6.07, 6.45) is 5.46. The molecule has 2 amide bonds. The second-order valence-electron chi connectivity index (χ2n) is 9.83. The van der Waals surface area contributed by atoms with Crippen LogP contribution in [0.25, 0.3) is 11.0 Å². The Balaban J connectivity index is 1.57. The average molecular weight is 455 g/mol. The summed E-state index contributed by atoms with van der Waals surface area (Å²) in [5, 5.41) is 10.8. The third kappa shape index (κ3) is 4.79. The topological polar surface area (TPSA) is 108 Å². The molecule has 4 heterocycles. The Bertz CT molecular complexity index is 1060. The predicted molar refractivity (Wildman–Crippen MR) is 128 cm³/mol. The van der Waals surface area contributed by atoms with Gasteiger partial charge in [-0.05, 0) is 24.8 Å². The third-order valence-corrected chi connectivity index (χ3v) is 6.53. The fourth-order valence-electron chi connectivity index (χ4n) is 4.95. The van der Waals surface area contributed by atoms with Gasteiger partial charge in [-0.15, -0.1) is 0 Å². The van der Waals surface area contributed by atoms with E-state index in [0.717, 1.165) is 44.5 Å². The molecule has 2 aliphatic heterocycles. The number of likely N-dealkylation sites (tertiary alicyclic amines) is 1. The highest BCUT2D eigenvalue weighted by molar-refractivity contribution is 5.88. The van der Waals surface area contributed by atoms with Gasteiger partial charge in [-0.25, -0.2) is 4.98 Å². The van der Waals surface area contributed by atoms with Crippen LogP contribution < -0.4 is 15.5 Å². The SMILES string of the molecule is C=CC(=O)N1CC2(CCN(c3nc(N[C@H](CC(=O)NC)CC(C)C)c4nn(C)cc4n3)C2)C1. The number of carbonyl (C=O) groups is 2. The first-order chi connectivity index (χ1) is 15.7. The number of rotatable bonds is 8. The fourth-order valence-corrected chi connectivity index (χ4v) is 4.95. The zero-order valence-electron chi connectivity index (χ0n) is 20.0. The molecule has 0 bridgehead atoms. The van der Waals surface area contributed by atoms with Crippen molar-refractivity contribution in [3.8, 4) is 0 Å². The Morgan fingerprint density at radius 2 is 2.03 bits per heavy atom. The van der Waals surface area contributed by atoms with Crippen LogP contribution in [0.5, 0.6) is 0 Å². The Labute approximate surface area is 194 Å². The van der Waals surface area contributed by atoms with Crippen LogP contribution in [0, 0.1) is 11.3 Å². The number of carbonyl (C=O) groups excluding carboxylic acids is 2. The molecule has 33 heavy (non-hydrogen) atoms. The van der Waals surface area contributed by atoms with Crippen LogP contribution >= 0.6 is 0 Å². The molecule has 178 valence electrons. The van der Waals surface area contributed by atoms with E-state index in [-0.39, 0.29) is 23.3 Å². The molecular weight excluding hydrogens is 420 g/mol. The van der Waals surface area contributed by atoms with E-state index in [4.69, 9.17) is 9.97 Å². The maximum absolute atomic E-state index is 12.1. The molecule has 0 radical (unpaired) electrons. The molecular formula is C23H34N8O2. The smallest absolute Gasteiger partial charge is 0.245 e. The van der Waals surface area contributed by atoms with Gasteiger partial charge in [0.25, 0.3) is 0 Å². The minimum atomic E-state index is -0.0621. The molecule has 1 spiro atoms. The van der Waals surface area contributed by atoms with Crippen LogP contribution in [0.3, 0.4) is 0 Å². The van der Waals surface area contributed by atoms with Gasteiger partial charge in [0.1, 0.15) is 5.52 Å². The first-order valence-electron chi connectivity index (χ1n) is 11.6. The number of amides is 2. The predicted octanol–water partition coefficient (Wildman–Crippen LogP) is 1.55. The van der Waals surface area contributed by atoms with Crippen molar-refractivity contribution in [3.05, 3.63) is 18.9 Å². The van der Waals surface area contributed by atoms with Crippen LogP contribution in [0.15, 0.2) is 18.9 Å². The van der Waals surface area contributed by atoms with E-state index >= 15 is 0 Å². The number of nitrogens with zero attached hydrogens (tertiary/aromatic N) is 6. The lowest BCUT2D eigenvalue weighted by Gasteiger charge is -2.47. The first-order valence-corrected chi connectivity index (χ1v) is 11.6. The minimum Gasteiger partial charge on any atom is -0.365 e. The maximum atomic E-state index is 12.1. The second kappa shape index (κ2) is 8.99. The Morgan fingerprint density at radius 1 is 1.27 bits per heavy atom. The standard InChI is InChI=1S/C23H34N8O2/c1-6-19(33)31-13-23(14-31)7-8-30(12-23)22-26-17-11-29(5)28-20(17)21(27-22)25-16(9-15(2)3)10-18(32)24-4/h6,11,15-16H,1,7-10,12-14H2,2-5H3,(H,24,32)(H,25,26,27)/t16-/m0/s1. The number of anilines is 2. The van der Waals surface area contributed by atoms with Crippen molar-refractivity contribution in [1.29, 1.82) is 0 Å². The van der Waals surface area contributed by atoms with Crippen molar-refractivity contribution in [2.45, 2.75) is 39.2 Å². The van der Waals surface area contributed by atoms with E-state index < -0.39 is 0 Å². The summed E-state index contributed by atoms with van der Waals surface area (Å²) < 4.78 is 1.74. The van der Waals surface area contributed by atoms with Gasteiger partial charge in [0.05, 0.1) is 6.20 Å². The second-order valence-corrected chi connectivity index (χ2v) is 9.83. The van der Waals surface area contributed by atoms with Crippen molar-refractivity contribution in [1.82, 2.24) is 30.0 Å². The first kappa shape index (κ1) is 23.0. The molecule has 0 aliphatic carbocycles. The van der Waals surface area contributed by atoms with E-state index in [9.17, 15) is 9.59 Å². The Hall–Kier alpha value is -3.17. The van der Waals surface area contributed by atoms with Gasteiger partial charge < -0.3 is 20.4 Å². The number of aryl methyl sites for hydroxylation is 1. The van der Waals surface area contributed by atoms with Gasteiger partial charge in [0.15, 0.2) is 11.3 Å². The summed E-state index contributed by atoms with van der Waals surface area (Å²) in [5.74, 6) is 1.72. The van der Waals surface area contributed by atoms with E-state index in [1.165, 1.54) is 6.08 Å². The summed E-state index contributed by atoms with van der Waals surface area (Å²) >= 11 is 0. The number of aromatic nitrogens is 4. The monoisotopic (exact) mass is 454 g/mol. The molecule has 2 fully saturated rings. The molecule has 2 aromatic rings. The average Bonchev–Trinajstić information content (AvgIpc) is 3.35. The molecule has 0 saturated carbocycles. The third-order valence-electron chi connectivity index (χ3n) is 6.53. The number of hydrogen-bond donors (Lipinski definition) is 2. The molecule has 2 saturated heterocycles. The van der Waals surface area contributed by atoms with Crippen molar-refractivity contribution < 1.29 is 9.59 Å². The molecule has 1 atom stereocenters. The lowest BCUT2D eigenvalue weighted by molar-refractivity contribution is -0.136. The zero-order valence-corrected chi connectivity index (χ0v) is 20.0. The number of hydrogen-bond acceptors (Lipinski definition) is 7. The Kier molecular flexibility index (Phi) is 6.27. The number of fused-ring (bicyclic) bond motifs is 1. The van der Waals surface area contributed by atoms with Gasteiger partial charge in [0.2, 0.25) is 17.8 Å². The highest BCUT2D eigenvalue weighted by atomic mass is 16.2. The van der Waals surface area contributed by atoms with Gasteiger partial charge in [0, 0.05) is 58.2 Å². The molecule has 0 unspecified atom stereocenters. The highest BCUT2D eigenvalue weighted by Crippen LogP contribution is 2.41. The summed E-state index contributed by atoms with van der Waals surface area (Å²) in [6, 6.07) is -0.0621. The lowest BCUT2D eigenvalue weighted by Crippen LogP contribution is -2.59. The fraction of sp³-hybridized carbons (Fsp3) is 0.609. The van der Waals surface area contributed by atoms with Gasteiger partial charge in [-0.1, -0.05) is 20.4 Å². The zero-order chi connectivity index (χ0) is 23.8. The van der Waals surface area contributed by atoms with Gasteiger partial charge >= 0.3 is 0 Å². The largest absolute Gasteiger partial charge is 0.365 e. The van der Waals surface area contributed by atoms with Crippen molar-refractivity contribution in [2.75, 3.05) is 43.4 Å². The van der Waals surface area contributed by atoms with Crippen LogP contribution in [-0.2, 0) is 16.6 Å². The Morgan fingerprint density at radius 3 is 2.70 bits per heavy atom. The summed E-state index contributed by atoms with van der Waals surface area (Å²) in [7, 11) is 3.52. The van der Waals surface area contributed by atoms with E-state index in [1.54, 1.807) is 11.7 Å². The van der Waals surface area contributed by atoms with Gasteiger partial charge in [-0.2, -0.15) is 10.1 Å². The van der Waals surface area contributed by atoms with Gasteiger partial charge in [-0.3, -0.25) is 14.3 Å². The normalized spacial score (nSPS) is 18.0. The maximum Gasteiger partial charge on any atom is 0.245 e. The van der Waals surface area contributed by atoms with Crippen LogP contribution in [0.4, 0.5) is 11.8 Å².